The zero-order valence-corrected chi connectivity index (χ0v) is 7.76. The number of rotatable bonds is 2. The molecule has 1 N–H and O–H groups in total. The molecule has 1 aromatic rings. The van der Waals surface area contributed by atoms with Crippen molar-refractivity contribution in [1.82, 2.24) is 5.32 Å². The largest absolute Gasteiger partial charge is 0.768 e. The summed E-state index contributed by atoms with van der Waals surface area (Å²) in [5.74, 6) is -0.403. The minimum Gasteiger partial charge on any atom is -0.768 e. The van der Waals surface area contributed by atoms with Gasteiger partial charge in [0.15, 0.2) is 0 Å². The van der Waals surface area contributed by atoms with E-state index in [1.165, 1.54) is 19.2 Å². The Hall–Kier alpha value is -1.20. The monoisotopic (exact) mass is 198 g/mol. The molecule has 0 aliphatic carbocycles. The van der Waals surface area contributed by atoms with Crippen molar-refractivity contribution in [2.75, 3.05) is 7.05 Å². The minimum absolute atomic E-state index is 0.0156. The van der Waals surface area contributed by atoms with Crippen LogP contribution in [0.15, 0.2) is 29.2 Å². The third-order valence-electron chi connectivity index (χ3n) is 1.54. The van der Waals surface area contributed by atoms with E-state index in [0.29, 0.717) is 0 Å². The highest BCUT2D eigenvalue weighted by Crippen LogP contribution is 2.11. The van der Waals surface area contributed by atoms with Crippen LogP contribution in [0.3, 0.4) is 0 Å². The summed E-state index contributed by atoms with van der Waals surface area (Å²) in [7, 11) is 1.45. The van der Waals surface area contributed by atoms with Gasteiger partial charge >= 0.3 is 0 Å². The second-order valence-corrected chi connectivity index (χ2v) is 3.22. The Morgan fingerprint density at radius 1 is 1.46 bits per heavy atom. The Labute approximate surface area is 78.3 Å². The Bertz CT molecular complexity index is 351. The first-order valence-electron chi connectivity index (χ1n) is 3.57. The van der Waals surface area contributed by atoms with Crippen LogP contribution in [-0.2, 0) is 11.1 Å². The van der Waals surface area contributed by atoms with Gasteiger partial charge in [-0.15, -0.1) is 0 Å². The summed E-state index contributed by atoms with van der Waals surface area (Å²) < 4.78 is 21.3. The Morgan fingerprint density at radius 3 is 2.62 bits per heavy atom. The summed E-state index contributed by atoms with van der Waals surface area (Å²) in [5, 5.41) is 2.36. The average molecular weight is 198 g/mol. The molecule has 0 saturated carbocycles. The van der Waals surface area contributed by atoms with E-state index in [2.05, 4.69) is 5.32 Å². The van der Waals surface area contributed by atoms with Gasteiger partial charge in [-0.2, -0.15) is 0 Å². The summed E-state index contributed by atoms with van der Waals surface area (Å²) in [6.45, 7) is 0. The standard InChI is InChI=1S/C8H9NO3S/c1-9-8(10)6-4-2-3-5-7(6)13(11)12/h2-5H,1H3,(H,9,10)(H,11,12)/p-1. The third kappa shape index (κ3) is 2.13. The first-order valence-corrected chi connectivity index (χ1v) is 4.64. The zero-order valence-electron chi connectivity index (χ0n) is 6.94. The molecule has 0 aromatic heterocycles. The summed E-state index contributed by atoms with van der Waals surface area (Å²) in [6, 6.07) is 6.02. The summed E-state index contributed by atoms with van der Waals surface area (Å²) in [5.41, 5.74) is 0.165. The fourth-order valence-electron chi connectivity index (χ4n) is 0.934. The number of amides is 1. The number of carbonyl (C=O) groups excluding carboxylic acids is 1. The number of hydrogen-bond donors (Lipinski definition) is 1. The molecule has 0 fully saturated rings. The lowest BCUT2D eigenvalue weighted by molar-refractivity contribution is 0.0960. The zero-order chi connectivity index (χ0) is 9.84. The quantitative estimate of drug-likeness (QED) is 0.694. The van der Waals surface area contributed by atoms with E-state index in [1.807, 2.05) is 0 Å². The van der Waals surface area contributed by atoms with Crippen LogP contribution in [0.5, 0.6) is 0 Å². The SMILES string of the molecule is CNC(=O)c1ccccc1S(=O)[O-]. The van der Waals surface area contributed by atoms with Gasteiger partial charge in [-0.1, -0.05) is 12.1 Å². The molecular formula is C8H8NO3S-. The van der Waals surface area contributed by atoms with Crippen molar-refractivity contribution in [3.63, 3.8) is 0 Å². The summed E-state index contributed by atoms with van der Waals surface area (Å²) in [4.78, 5) is 11.2. The second-order valence-electron chi connectivity index (χ2n) is 2.31. The third-order valence-corrected chi connectivity index (χ3v) is 2.25. The van der Waals surface area contributed by atoms with E-state index in [1.54, 1.807) is 12.1 Å². The van der Waals surface area contributed by atoms with Gasteiger partial charge in [-0.05, 0) is 23.2 Å². The molecule has 0 heterocycles. The van der Waals surface area contributed by atoms with Crippen molar-refractivity contribution < 1.29 is 13.6 Å². The fourth-order valence-corrected chi connectivity index (χ4v) is 1.46. The summed E-state index contributed by atoms with van der Waals surface area (Å²) >= 11 is -2.37. The highest BCUT2D eigenvalue weighted by atomic mass is 32.2. The molecule has 0 bridgehead atoms. The first-order chi connectivity index (χ1) is 6.16. The van der Waals surface area contributed by atoms with E-state index in [-0.39, 0.29) is 10.5 Å². The van der Waals surface area contributed by atoms with Crippen molar-refractivity contribution >= 4 is 17.0 Å². The van der Waals surface area contributed by atoms with E-state index >= 15 is 0 Å². The molecule has 0 aliphatic rings. The van der Waals surface area contributed by atoms with Crippen LogP contribution in [0.25, 0.3) is 0 Å². The van der Waals surface area contributed by atoms with Crippen LogP contribution >= 0.6 is 0 Å². The number of hydrogen-bond acceptors (Lipinski definition) is 3. The number of nitrogens with one attached hydrogen (secondary N) is 1. The predicted octanol–water partition coefficient (Wildman–Crippen LogP) is 0.284. The topological polar surface area (TPSA) is 69.2 Å². The Kier molecular flexibility index (Phi) is 3.16. The Morgan fingerprint density at radius 2 is 2.08 bits per heavy atom. The molecule has 0 saturated heterocycles. The van der Waals surface area contributed by atoms with Crippen molar-refractivity contribution in [2.24, 2.45) is 0 Å². The molecule has 0 spiro atoms. The fraction of sp³-hybridized carbons (Fsp3) is 0.125. The van der Waals surface area contributed by atoms with E-state index in [0.717, 1.165) is 0 Å². The van der Waals surface area contributed by atoms with Crippen molar-refractivity contribution in [2.45, 2.75) is 4.90 Å². The highest BCUT2D eigenvalue weighted by molar-refractivity contribution is 7.79. The lowest BCUT2D eigenvalue weighted by Crippen LogP contribution is -2.19. The minimum atomic E-state index is -2.37. The molecule has 0 radical (unpaired) electrons. The lowest BCUT2D eigenvalue weighted by atomic mass is 10.2. The van der Waals surface area contributed by atoms with Gasteiger partial charge in [0, 0.05) is 11.9 Å². The molecule has 13 heavy (non-hydrogen) atoms. The molecule has 4 nitrogen and oxygen atoms in total. The van der Waals surface area contributed by atoms with Crippen LogP contribution in [0.1, 0.15) is 10.4 Å². The average Bonchev–Trinajstić information content (AvgIpc) is 2.16. The lowest BCUT2D eigenvalue weighted by Gasteiger charge is -2.09. The molecule has 0 aliphatic heterocycles. The molecule has 5 heteroatoms. The van der Waals surface area contributed by atoms with Crippen LogP contribution in [0.4, 0.5) is 0 Å². The molecule has 70 valence electrons. The van der Waals surface area contributed by atoms with Crippen molar-refractivity contribution in [1.29, 1.82) is 0 Å². The maximum absolute atomic E-state index is 11.2. The Balaban J connectivity index is 3.19. The first kappa shape index (κ1) is 9.88. The molecule has 1 atom stereocenters. The normalized spacial score (nSPS) is 12.2. The van der Waals surface area contributed by atoms with Gasteiger partial charge in [0.1, 0.15) is 0 Å². The predicted molar refractivity (Wildman–Crippen MR) is 47.0 cm³/mol. The van der Waals surface area contributed by atoms with E-state index < -0.39 is 17.0 Å². The summed E-state index contributed by atoms with van der Waals surface area (Å²) in [6.07, 6.45) is 0. The van der Waals surface area contributed by atoms with Crippen LogP contribution in [0.2, 0.25) is 0 Å². The van der Waals surface area contributed by atoms with Crippen LogP contribution in [-0.4, -0.2) is 21.7 Å². The number of carbonyl (C=O) groups is 1. The van der Waals surface area contributed by atoms with Gasteiger partial charge in [0.2, 0.25) is 0 Å². The van der Waals surface area contributed by atoms with Crippen molar-refractivity contribution in [3.05, 3.63) is 29.8 Å². The van der Waals surface area contributed by atoms with Crippen molar-refractivity contribution in [3.8, 4) is 0 Å². The smallest absolute Gasteiger partial charge is 0.252 e. The van der Waals surface area contributed by atoms with Crippen LogP contribution in [0, 0.1) is 0 Å². The molecule has 1 rings (SSSR count). The number of benzene rings is 1. The van der Waals surface area contributed by atoms with Gasteiger partial charge in [0.25, 0.3) is 5.91 Å². The van der Waals surface area contributed by atoms with Gasteiger partial charge in [-0.25, -0.2) is 0 Å². The second kappa shape index (κ2) is 4.15. The van der Waals surface area contributed by atoms with Gasteiger partial charge in [-0.3, -0.25) is 9.00 Å². The molecule has 1 aromatic carbocycles. The van der Waals surface area contributed by atoms with Gasteiger partial charge < -0.3 is 9.87 Å². The molecule has 1 amide bonds. The van der Waals surface area contributed by atoms with E-state index in [4.69, 9.17) is 0 Å². The van der Waals surface area contributed by atoms with E-state index in [9.17, 15) is 13.6 Å². The maximum Gasteiger partial charge on any atom is 0.252 e. The molecular weight excluding hydrogens is 190 g/mol. The highest BCUT2D eigenvalue weighted by Gasteiger charge is 2.08. The van der Waals surface area contributed by atoms with Crippen LogP contribution < -0.4 is 5.32 Å². The molecule has 1 unspecified atom stereocenters. The van der Waals surface area contributed by atoms with Gasteiger partial charge in [0.05, 0.1) is 5.56 Å². The maximum atomic E-state index is 11.2.